The number of unbranched alkanes of at least 4 members (excludes halogenated alkanes) is 1. The van der Waals surface area contributed by atoms with E-state index < -0.39 is 0 Å². The molecule has 156 valence electrons. The number of hydrogen-bond acceptors (Lipinski definition) is 4. The van der Waals surface area contributed by atoms with Crippen molar-refractivity contribution < 1.29 is 4.74 Å². The zero-order valence-corrected chi connectivity index (χ0v) is 17.5. The Morgan fingerprint density at radius 3 is 2.36 bits per heavy atom. The Bertz CT molecular complexity index is 577. The molecule has 0 aromatic heterocycles. The van der Waals surface area contributed by atoms with Gasteiger partial charge in [0.25, 0.3) is 0 Å². The molecule has 0 spiro atoms. The minimum Gasteiger partial charge on any atom is -0.379 e. The number of hydrogen-bond donors (Lipinski definition) is 2. The van der Waals surface area contributed by atoms with Crippen molar-refractivity contribution in [2.45, 2.75) is 38.8 Å². The summed E-state index contributed by atoms with van der Waals surface area (Å²) in [6.45, 7) is 10.4. The van der Waals surface area contributed by atoms with Gasteiger partial charge in [-0.3, -0.25) is 14.8 Å². The van der Waals surface area contributed by atoms with Crippen LogP contribution in [0.3, 0.4) is 0 Å². The first-order valence-corrected chi connectivity index (χ1v) is 10.9. The van der Waals surface area contributed by atoms with Crippen LogP contribution in [0, 0.1) is 0 Å². The molecule has 2 fully saturated rings. The lowest BCUT2D eigenvalue weighted by atomic mass is 10.1. The van der Waals surface area contributed by atoms with E-state index in [-0.39, 0.29) is 0 Å². The average Bonchev–Trinajstić information content (AvgIpc) is 3.25. The van der Waals surface area contributed by atoms with E-state index in [9.17, 15) is 0 Å². The molecule has 0 saturated carbocycles. The monoisotopic (exact) mass is 387 g/mol. The Hall–Kier alpha value is -1.63. The average molecular weight is 388 g/mol. The van der Waals surface area contributed by atoms with E-state index in [4.69, 9.17) is 4.74 Å². The third-order valence-electron chi connectivity index (χ3n) is 5.61. The van der Waals surface area contributed by atoms with E-state index >= 15 is 0 Å². The van der Waals surface area contributed by atoms with E-state index in [1.54, 1.807) is 0 Å². The molecule has 2 aliphatic rings. The summed E-state index contributed by atoms with van der Waals surface area (Å²) in [7, 11) is 1.84. The van der Waals surface area contributed by atoms with Crippen molar-refractivity contribution in [3.63, 3.8) is 0 Å². The molecule has 28 heavy (non-hydrogen) atoms. The third-order valence-corrected chi connectivity index (χ3v) is 5.61. The Morgan fingerprint density at radius 2 is 1.64 bits per heavy atom. The maximum Gasteiger partial charge on any atom is 0.191 e. The van der Waals surface area contributed by atoms with Gasteiger partial charge in [0.2, 0.25) is 0 Å². The predicted molar refractivity (Wildman–Crippen MR) is 116 cm³/mol. The number of guanidine groups is 1. The quantitative estimate of drug-likeness (QED) is 0.386. The molecule has 1 aromatic carbocycles. The van der Waals surface area contributed by atoms with E-state index in [0.717, 1.165) is 58.3 Å². The van der Waals surface area contributed by atoms with Crippen LogP contribution in [0.5, 0.6) is 0 Å². The molecule has 6 nitrogen and oxygen atoms in total. The van der Waals surface area contributed by atoms with Crippen LogP contribution in [0.15, 0.2) is 29.3 Å². The topological polar surface area (TPSA) is 52.1 Å². The highest BCUT2D eigenvalue weighted by Crippen LogP contribution is 2.13. The van der Waals surface area contributed by atoms with Gasteiger partial charge in [-0.2, -0.15) is 0 Å². The van der Waals surface area contributed by atoms with E-state index in [1.165, 1.54) is 50.0 Å². The second-order valence-corrected chi connectivity index (χ2v) is 7.81. The van der Waals surface area contributed by atoms with Crippen molar-refractivity contribution >= 4 is 5.96 Å². The third kappa shape index (κ3) is 7.41. The largest absolute Gasteiger partial charge is 0.379 e. The molecule has 1 aromatic rings. The number of nitrogens with one attached hydrogen (secondary N) is 2. The number of rotatable bonds is 9. The number of morpholine rings is 1. The Labute approximate surface area is 170 Å². The lowest BCUT2D eigenvalue weighted by molar-refractivity contribution is 0.0372. The molecule has 0 unspecified atom stereocenters. The molecule has 0 atom stereocenters. The van der Waals surface area contributed by atoms with Gasteiger partial charge >= 0.3 is 0 Å². The molecular formula is C22H37N5O. The van der Waals surface area contributed by atoms with Gasteiger partial charge in [0.15, 0.2) is 5.96 Å². The van der Waals surface area contributed by atoms with Crippen molar-refractivity contribution in [2.24, 2.45) is 4.99 Å². The first-order valence-electron chi connectivity index (χ1n) is 10.9. The van der Waals surface area contributed by atoms with Crippen molar-refractivity contribution in [3.8, 4) is 0 Å². The fourth-order valence-corrected chi connectivity index (χ4v) is 3.86. The number of benzene rings is 1. The number of likely N-dealkylation sites (tertiary alicyclic amines) is 1. The van der Waals surface area contributed by atoms with Crippen LogP contribution in [-0.2, 0) is 17.8 Å². The van der Waals surface area contributed by atoms with Crippen LogP contribution in [0.2, 0.25) is 0 Å². The first-order chi connectivity index (χ1) is 13.8. The first kappa shape index (κ1) is 21.1. The fraction of sp³-hybridized carbons (Fsp3) is 0.682. The number of nitrogens with zero attached hydrogens (tertiary/aromatic N) is 3. The molecule has 3 rings (SSSR count). The number of ether oxygens (including phenoxy) is 1. The Kier molecular flexibility index (Phi) is 9.07. The van der Waals surface area contributed by atoms with Gasteiger partial charge < -0.3 is 15.4 Å². The van der Waals surface area contributed by atoms with Crippen molar-refractivity contribution in [2.75, 3.05) is 59.5 Å². The van der Waals surface area contributed by atoms with Crippen LogP contribution in [0.25, 0.3) is 0 Å². The summed E-state index contributed by atoms with van der Waals surface area (Å²) < 4.78 is 5.39. The van der Waals surface area contributed by atoms with Gasteiger partial charge in [-0.25, -0.2) is 0 Å². The van der Waals surface area contributed by atoms with Crippen molar-refractivity contribution in [1.82, 2.24) is 20.4 Å². The molecule has 0 bridgehead atoms. The zero-order valence-electron chi connectivity index (χ0n) is 17.5. The van der Waals surface area contributed by atoms with Crippen LogP contribution in [0.4, 0.5) is 0 Å². The lowest BCUT2D eigenvalue weighted by Crippen LogP contribution is -2.38. The fourth-order valence-electron chi connectivity index (χ4n) is 3.86. The van der Waals surface area contributed by atoms with Gasteiger partial charge in [0.05, 0.1) is 13.2 Å². The minimum atomic E-state index is 0.803. The van der Waals surface area contributed by atoms with E-state index in [0.29, 0.717) is 0 Å². The van der Waals surface area contributed by atoms with Crippen LogP contribution < -0.4 is 10.6 Å². The van der Waals surface area contributed by atoms with Crippen LogP contribution >= 0.6 is 0 Å². The highest BCUT2D eigenvalue weighted by atomic mass is 16.5. The standard InChI is InChI=1S/C22H37N5O/c1-23-22(24-10-2-3-11-26-14-16-28-17-15-26)25-18-20-6-8-21(9-7-20)19-27-12-4-5-13-27/h6-9H,2-5,10-19H2,1H3,(H2,23,24,25). The summed E-state index contributed by atoms with van der Waals surface area (Å²) in [5.41, 5.74) is 2.70. The second kappa shape index (κ2) is 12.0. The van der Waals surface area contributed by atoms with Gasteiger partial charge in [0, 0.05) is 39.8 Å². The molecule has 2 heterocycles. The van der Waals surface area contributed by atoms with Gasteiger partial charge in [-0.15, -0.1) is 0 Å². The van der Waals surface area contributed by atoms with Crippen molar-refractivity contribution in [3.05, 3.63) is 35.4 Å². The summed E-state index contributed by atoms with van der Waals surface area (Å²) in [6, 6.07) is 8.98. The summed E-state index contributed by atoms with van der Waals surface area (Å²) >= 11 is 0. The molecule has 6 heteroatoms. The summed E-state index contributed by atoms with van der Waals surface area (Å²) in [5, 5.41) is 6.85. The normalized spacial score (nSPS) is 19.1. The second-order valence-electron chi connectivity index (χ2n) is 7.81. The highest BCUT2D eigenvalue weighted by molar-refractivity contribution is 5.79. The van der Waals surface area contributed by atoms with Crippen LogP contribution in [-0.4, -0.2) is 75.3 Å². The summed E-state index contributed by atoms with van der Waals surface area (Å²) in [6.07, 6.45) is 5.06. The molecule has 2 N–H and O–H groups in total. The maximum absolute atomic E-state index is 5.39. The van der Waals surface area contributed by atoms with Gasteiger partial charge in [-0.05, 0) is 56.4 Å². The Balaban J connectivity index is 1.28. The highest BCUT2D eigenvalue weighted by Gasteiger charge is 2.11. The van der Waals surface area contributed by atoms with Gasteiger partial charge in [-0.1, -0.05) is 24.3 Å². The Morgan fingerprint density at radius 1 is 0.929 bits per heavy atom. The van der Waals surface area contributed by atoms with Crippen LogP contribution in [0.1, 0.15) is 36.8 Å². The van der Waals surface area contributed by atoms with E-state index in [2.05, 4.69) is 49.7 Å². The summed E-state index contributed by atoms with van der Waals surface area (Å²) in [4.78, 5) is 9.37. The lowest BCUT2D eigenvalue weighted by Gasteiger charge is -2.26. The molecule has 2 aliphatic heterocycles. The molecular weight excluding hydrogens is 350 g/mol. The van der Waals surface area contributed by atoms with Crippen molar-refractivity contribution in [1.29, 1.82) is 0 Å². The molecule has 0 amide bonds. The van der Waals surface area contributed by atoms with E-state index in [1.807, 2.05) is 7.05 Å². The minimum absolute atomic E-state index is 0.803. The smallest absolute Gasteiger partial charge is 0.191 e. The maximum atomic E-state index is 5.39. The molecule has 0 radical (unpaired) electrons. The SMILES string of the molecule is CN=C(NCCCCN1CCOCC1)NCc1ccc(CN2CCCC2)cc1. The zero-order chi connectivity index (χ0) is 19.4. The molecule has 0 aliphatic carbocycles. The summed E-state index contributed by atoms with van der Waals surface area (Å²) in [5.74, 6) is 0.882. The van der Waals surface area contributed by atoms with Gasteiger partial charge in [0.1, 0.15) is 0 Å². The number of aliphatic imine (C=N–C) groups is 1. The predicted octanol–water partition coefficient (Wildman–Crippen LogP) is 2.06. The molecule has 2 saturated heterocycles.